The SMILES string of the molecule is CN(C)c1ccc(C(=O)N2CCC[C@H](COc3cccc(C(=O)NC4CC4)c3)C2)cc1. The number of carbonyl (C=O) groups is 2. The van der Waals surface area contributed by atoms with Crippen LogP contribution in [0.2, 0.25) is 0 Å². The van der Waals surface area contributed by atoms with Gasteiger partial charge < -0.3 is 19.9 Å². The molecule has 0 bridgehead atoms. The second-order valence-electron chi connectivity index (χ2n) is 8.79. The fourth-order valence-corrected chi connectivity index (χ4v) is 3.91. The van der Waals surface area contributed by atoms with Crippen LogP contribution in [0.4, 0.5) is 5.69 Å². The Morgan fingerprint density at radius 2 is 1.84 bits per heavy atom. The average Bonchev–Trinajstić information content (AvgIpc) is 3.61. The molecule has 164 valence electrons. The van der Waals surface area contributed by atoms with E-state index in [0.29, 0.717) is 30.5 Å². The zero-order valence-corrected chi connectivity index (χ0v) is 18.3. The van der Waals surface area contributed by atoms with Crippen molar-refractivity contribution in [2.24, 2.45) is 5.92 Å². The Labute approximate surface area is 184 Å². The van der Waals surface area contributed by atoms with Crippen LogP contribution in [0.15, 0.2) is 48.5 Å². The van der Waals surface area contributed by atoms with Crippen molar-refractivity contribution in [2.75, 3.05) is 38.7 Å². The molecule has 1 atom stereocenters. The van der Waals surface area contributed by atoms with Crippen LogP contribution < -0.4 is 15.0 Å². The van der Waals surface area contributed by atoms with Gasteiger partial charge in [0.25, 0.3) is 11.8 Å². The van der Waals surface area contributed by atoms with E-state index < -0.39 is 0 Å². The summed E-state index contributed by atoms with van der Waals surface area (Å²) in [6.07, 6.45) is 4.14. The highest BCUT2D eigenvalue weighted by molar-refractivity contribution is 5.95. The lowest BCUT2D eigenvalue weighted by molar-refractivity contribution is 0.0633. The molecule has 0 aromatic heterocycles. The Morgan fingerprint density at radius 1 is 1.06 bits per heavy atom. The predicted molar refractivity (Wildman–Crippen MR) is 122 cm³/mol. The lowest BCUT2D eigenvalue weighted by Gasteiger charge is -2.32. The third-order valence-electron chi connectivity index (χ3n) is 5.93. The van der Waals surface area contributed by atoms with Crippen molar-refractivity contribution >= 4 is 17.5 Å². The number of likely N-dealkylation sites (tertiary alicyclic amines) is 1. The topological polar surface area (TPSA) is 61.9 Å². The van der Waals surface area contributed by atoms with Crippen molar-refractivity contribution in [3.05, 3.63) is 59.7 Å². The van der Waals surface area contributed by atoms with Gasteiger partial charge in [-0.25, -0.2) is 0 Å². The Morgan fingerprint density at radius 3 is 2.55 bits per heavy atom. The minimum atomic E-state index is -0.0392. The van der Waals surface area contributed by atoms with Crippen LogP contribution >= 0.6 is 0 Å². The minimum absolute atomic E-state index is 0.0392. The smallest absolute Gasteiger partial charge is 0.253 e. The standard InChI is InChI=1S/C25H31N3O3/c1-27(2)22-12-8-19(9-13-22)25(30)28-14-4-5-18(16-28)17-31-23-7-3-6-20(15-23)24(29)26-21-10-11-21/h3,6-9,12-13,15,18,21H,4-5,10-11,14,16-17H2,1-2H3,(H,26,29)/t18-/m0/s1. The Hall–Kier alpha value is -3.02. The summed E-state index contributed by atoms with van der Waals surface area (Å²) in [4.78, 5) is 29.1. The summed E-state index contributed by atoms with van der Waals surface area (Å²) in [6, 6.07) is 15.4. The molecule has 4 rings (SSSR count). The fourth-order valence-electron chi connectivity index (χ4n) is 3.91. The summed E-state index contributed by atoms with van der Waals surface area (Å²) in [7, 11) is 3.97. The number of amides is 2. The van der Waals surface area contributed by atoms with Gasteiger partial charge in [0.1, 0.15) is 5.75 Å². The van der Waals surface area contributed by atoms with Crippen molar-refractivity contribution < 1.29 is 14.3 Å². The zero-order chi connectivity index (χ0) is 21.8. The Balaban J connectivity index is 1.31. The maximum atomic E-state index is 12.9. The van der Waals surface area contributed by atoms with E-state index in [0.717, 1.165) is 43.5 Å². The molecule has 6 heteroatoms. The molecule has 2 amide bonds. The first-order valence-corrected chi connectivity index (χ1v) is 11.1. The van der Waals surface area contributed by atoms with E-state index >= 15 is 0 Å². The molecule has 1 saturated heterocycles. The molecule has 1 heterocycles. The third-order valence-corrected chi connectivity index (χ3v) is 5.93. The highest BCUT2D eigenvalue weighted by Crippen LogP contribution is 2.23. The molecule has 2 aromatic carbocycles. The van der Waals surface area contributed by atoms with E-state index in [1.807, 2.05) is 66.4 Å². The van der Waals surface area contributed by atoms with Gasteiger partial charge in [0.05, 0.1) is 6.61 Å². The largest absolute Gasteiger partial charge is 0.493 e. The van der Waals surface area contributed by atoms with Crippen molar-refractivity contribution in [2.45, 2.75) is 31.7 Å². The molecule has 2 fully saturated rings. The van der Waals surface area contributed by atoms with Gasteiger partial charge in [-0.3, -0.25) is 9.59 Å². The molecular weight excluding hydrogens is 390 g/mol. The van der Waals surface area contributed by atoms with Crippen LogP contribution in [-0.2, 0) is 0 Å². The van der Waals surface area contributed by atoms with Crippen LogP contribution in [0.1, 0.15) is 46.4 Å². The molecule has 6 nitrogen and oxygen atoms in total. The number of piperidine rings is 1. The number of anilines is 1. The highest BCUT2D eigenvalue weighted by atomic mass is 16.5. The van der Waals surface area contributed by atoms with Gasteiger partial charge in [-0.05, 0) is 68.1 Å². The second-order valence-corrected chi connectivity index (χ2v) is 8.79. The summed E-state index contributed by atoms with van der Waals surface area (Å²) in [5.41, 5.74) is 2.43. The monoisotopic (exact) mass is 421 g/mol. The second kappa shape index (κ2) is 9.41. The number of benzene rings is 2. The van der Waals surface area contributed by atoms with Gasteiger partial charge in [-0.15, -0.1) is 0 Å². The molecule has 1 N–H and O–H groups in total. The van der Waals surface area contributed by atoms with E-state index in [1.165, 1.54) is 0 Å². The van der Waals surface area contributed by atoms with Crippen molar-refractivity contribution in [3.8, 4) is 5.75 Å². The van der Waals surface area contributed by atoms with Crippen molar-refractivity contribution in [1.29, 1.82) is 0 Å². The summed E-state index contributed by atoms with van der Waals surface area (Å²) in [5.74, 6) is 1.02. The molecule has 1 aliphatic carbocycles. The molecular formula is C25H31N3O3. The fraction of sp³-hybridized carbons (Fsp3) is 0.440. The van der Waals surface area contributed by atoms with Crippen LogP contribution in [0, 0.1) is 5.92 Å². The van der Waals surface area contributed by atoms with Crippen LogP contribution in [0.5, 0.6) is 5.75 Å². The first-order chi connectivity index (χ1) is 15.0. The lowest BCUT2D eigenvalue weighted by atomic mass is 9.98. The van der Waals surface area contributed by atoms with E-state index in [2.05, 4.69) is 5.32 Å². The molecule has 1 aliphatic heterocycles. The summed E-state index contributed by atoms with van der Waals surface area (Å²) in [6.45, 7) is 2.01. The normalized spacial score (nSPS) is 18.4. The number of rotatable bonds is 7. The molecule has 2 aliphatic rings. The number of hydrogen-bond acceptors (Lipinski definition) is 4. The summed E-state index contributed by atoms with van der Waals surface area (Å²) in [5, 5.41) is 3.00. The van der Waals surface area contributed by atoms with Crippen LogP contribution in [-0.4, -0.2) is 56.5 Å². The molecule has 2 aromatic rings. The molecule has 31 heavy (non-hydrogen) atoms. The lowest BCUT2D eigenvalue weighted by Crippen LogP contribution is -2.41. The first-order valence-electron chi connectivity index (χ1n) is 11.1. The zero-order valence-electron chi connectivity index (χ0n) is 18.3. The number of nitrogens with zero attached hydrogens (tertiary/aromatic N) is 2. The van der Waals surface area contributed by atoms with Gasteiger partial charge in [0.15, 0.2) is 0 Å². The molecule has 0 unspecified atom stereocenters. The Kier molecular flexibility index (Phi) is 6.44. The maximum Gasteiger partial charge on any atom is 0.253 e. The summed E-state index contributed by atoms with van der Waals surface area (Å²) >= 11 is 0. The van der Waals surface area contributed by atoms with Gasteiger partial charge in [-0.1, -0.05) is 6.07 Å². The quantitative estimate of drug-likeness (QED) is 0.742. The van der Waals surface area contributed by atoms with Crippen molar-refractivity contribution in [3.63, 3.8) is 0 Å². The first kappa shape index (κ1) is 21.2. The summed E-state index contributed by atoms with van der Waals surface area (Å²) < 4.78 is 6.01. The highest BCUT2D eigenvalue weighted by Gasteiger charge is 2.26. The van der Waals surface area contributed by atoms with Gasteiger partial charge in [0.2, 0.25) is 0 Å². The Bertz CT molecular complexity index is 922. The van der Waals surface area contributed by atoms with Crippen molar-refractivity contribution in [1.82, 2.24) is 10.2 Å². The van der Waals surface area contributed by atoms with Gasteiger partial charge in [0, 0.05) is 56.0 Å². The number of carbonyl (C=O) groups excluding carboxylic acids is 2. The molecule has 0 radical (unpaired) electrons. The average molecular weight is 422 g/mol. The predicted octanol–water partition coefficient (Wildman–Crippen LogP) is 3.58. The van der Waals surface area contributed by atoms with Gasteiger partial charge >= 0.3 is 0 Å². The molecule has 0 spiro atoms. The van der Waals surface area contributed by atoms with Crippen LogP contribution in [0.25, 0.3) is 0 Å². The van der Waals surface area contributed by atoms with Gasteiger partial charge in [-0.2, -0.15) is 0 Å². The van der Waals surface area contributed by atoms with E-state index in [4.69, 9.17) is 4.74 Å². The van der Waals surface area contributed by atoms with E-state index in [1.54, 1.807) is 6.07 Å². The number of nitrogens with one attached hydrogen (secondary N) is 1. The minimum Gasteiger partial charge on any atom is -0.493 e. The maximum absolute atomic E-state index is 12.9. The molecule has 1 saturated carbocycles. The van der Waals surface area contributed by atoms with Crippen LogP contribution in [0.3, 0.4) is 0 Å². The number of ether oxygens (including phenoxy) is 1. The number of hydrogen-bond donors (Lipinski definition) is 1. The van der Waals surface area contributed by atoms with E-state index in [9.17, 15) is 9.59 Å². The van der Waals surface area contributed by atoms with E-state index in [-0.39, 0.29) is 17.7 Å². The third kappa shape index (κ3) is 5.57.